The highest BCUT2D eigenvalue weighted by atomic mass is 35.5. The molecular weight excluding hydrogens is 452 g/mol. The van der Waals surface area contributed by atoms with Gasteiger partial charge in [0.05, 0.1) is 34.3 Å². The number of anilines is 1. The number of ether oxygens (including phenoxy) is 2. The van der Waals surface area contributed by atoms with Gasteiger partial charge in [-0.25, -0.2) is 8.42 Å². The topological polar surface area (TPSA) is 93.7 Å². The Morgan fingerprint density at radius 2 is 1.66 bits per heavy atom. The highest BCUT2D eigenvalue weighted by molar-refractivity contribution is 7.92. The van der Waals surface area contributed by atoms with E-state index in [4.69, 9.17) is 21.1 Å². The van der Waals surface area contributed by atoms with Crippen LogP contribution in [0.2, 0.25) is 5.02 Å². The van der Waals surface area contributed by atoms with Crippen LogP contribution in [0.4, 0.5) is 5.69 Å². The molecule has 0 aliphatic rings. The van der Waals surface area contributed by atoms with Crippen molar-refractivity contribution in [2.45, 2.75) is 17.9 Å². The van der Waals surface area contributed by atoms with E-state index in [0.29, 0.717) is 5.75 Å². The molecule has 0 fully saturated rings. The number of carbonyl (C=O) groups is 1. The molecular formula is C23H23ClN2O5S. The monoisotopic (exact) mass is 474 g/mol. The second kappa shape index (κ2) is 10.4. The zero-order valence-corrected chi connectivity index (χ0v) is 19.1. The number of benzene rings is 3. The summed E-state index contributed by atoms with van der Waals surface area (Å²) in [6.07, 6.45) is 0. The Morgan fingerprint density at radius 1 is 1.00 bits per heavy atom. The zero-order chi connectivity index (χ0) is 23.1. The average Bonchev–Trinajstić information content (AvgIpc) is 2.78. The minimum atomic E-state index is -3.75. The van der Waals surface area contributed by atoms with Crippen molar-refractivity contribution in [3.63, 3.8) is 0 Å². The minimum Gasteiger partial charge on any atom is -0.497 e. The molecule has 32 heavy (non-hydrogen) atoms. The Hall–Kier alpha value is -3.23. The maximum Gasteiger partial charge on any atom is 0.261 e. The van der Waals surface area contributed by atoms with E-state index in [1.807, 2.05) is 0 Å². The van der Waals surface area contributed by atoms with Gasteiger partial charge in [0.25, 0.3) is 15.9 Å². The second-order valence-corrected chi connectivity index (χ2v) is 9.06. The van der Waals surface area contributed by atoms with Crippen molar-refractivity contribution >= 4 is 33.2 Å². The van der Waals surface area contributed by atoms with Crippen LogP contribution in [-0.2, 0) is 10.0 Å². The molecule has 2 N–H and O–H groups in total. The average molecular weight is 475 g/mol. The molecule has 3 aromatic carbocycles. The minimum absolute atomic E-state index is 0.124. The van der Waals surface area contributed by atoms with Crippen molar-refractivity contribution in [1.82, 2.24) is 5.32 Å². The summed E-state index contributed by atoms with van der Waals surface area (Å²) in [6, 6.07) is 19.2. The third-order valence-corrected chi connectivity index (χ3v) is 6.17. The molecule has 1 amide bonds. The largest absolute Gasteiger partial charge is 0.497 e. The molecule has 7 nitrogen and oxygen atoms in total. The second-order valence-electron chi connectivity index (χ2n) is 6.97. The molecule has 0 saturated heterocycles. The van der Waals surface area contributed by atoms with Crippen molar-refractivity contribution in [3.05, 3.63) is 83.4 Å². The molecule has 9 heteroatoms. The van der Waals surface area contributed by atoms with E-state index in [-0.39, 0.29) is 33.8 Å². The lowest BCUT2D eigenvalue weighted by Gasteiger charge is -2.16. The molecule has 3 rings (SSSR count). The maximum atomic E-state index is 12.6. The third-order valence-electron chi connectivity index (χ3n) is 4.46. The molecule has 0 saturated carbocycles. The number of halogens is 1. The van der Waals surface area contributed by atoms with Crippen molar-refractivity contribution in [1.29, 1.82) is 0 Å². The quantitative estimate of drug-likeness (QED) is 0.481. The summed E-state index contributed by atoms with van der Waals surface area (Å²) in [7, 11) is -2.17. The third kappa shape index (κ3) is 6.15. The van der Waals surface area contributed by atoms with Gasteiger partial charge in [0.2, 0.25) is 0 Å². The number of hydrogen-bond donors (Lipinski definition) is 2. The van der Waals surface area contributed by atoms with Crippen LogP contribution >= 0.6 is 11.6 Å². The molecule has 0 radical (unpaired) electrons. The fourth-order valence-electron chi connectivity index (χ4n) is 2.81. The van der Waals surface area contributed by atoms with Crippen LogP contribution in [0.1, 0.15) is 17.3 Å². The van der Waals surface area contributed by atoms with Gasteiger partial charge in [-0.05, 0) is 61.5 Å². The normalized spacial score (nSPS) is 12.0. The number of hydrogen-bond acceptors (Lipinski definition) is 5. The first-order chi connectivity index (χ1) is 15.3. The Kier molecular flexibility index (Phi) is 7.61. The lowest BCUT2D eigenvalue weighted by molar-refractivity contribution is 0.0927. The highest BCUT2D eigenvalue weighted by Crippen LogP contribution is 2.23. The van der Waals surface area contributed by atoms with Gasteiger partial charge in [-0.2, -0.15) is 0 Å². The summed E-state index contributed by atoms with van der Waals surface area (Å²) in [6.45, 7) is 2.06. The molecule has 1 atom stereocenters. The van der Waals surface area contributed by atoms with E-state index >= 15 is 0 Å². The molecule has 0 bridgehead atoms. The van der Waals surface area contributed by atoms with E-state index in [1.165, 1.54) is 30.3 Å². The molecule has 0 heterocycles. The van der Waals surface area contributed by atoms with Gasteiger partial charge in [-0.1, -0.05) is 29.8 Å². The van der Waals surface area contributed by atoms with Crippen LogP contribution in [0.15, 0.2) is 77.7 Å². The highest BCUT2D eigenvalue weighted by Gasteiger charge is 2.17. The van der Waals surface area contributed by atoms with Gasteiger partial charge in [0.1, 0.15) is 18.1 Å². The fraction of sp³-hybridized carbons (Fsp3) is 0.174. The smallest absolute Gasteiger partial charge is 0.261 e. The molecule has 0 spiro atoms. The molecule has 0 aromatic heterocycles. The Bertz CT molecular complexity index is 1170. The van der Waals surface area contributed by atoms with Gasteiger partial charge < -0.3 is 14.8 Å². The van der Waals surface area contributed by atoms with Gasteiger partial charge in [0.15, 0.2) is 0 Å². The maximum absolute atomic E-state index is 12.6. The van der Waals surface area contributed by atoms with Crippen molar-refractivity contribution in [2.24, 2.45) is 0 Å². The number of rotatable bonds is 9. The van der Waals surface area contributed by atoms with E-state index in [0.717, 1.165) is 5.75 Å². The van der Waals surface area contributed by atoms with E-state index < -0.39 is 15.9 Å². The SMILES string of the molecule is COc1ccc(OC[C@@H](C)NC(=O)c2ccc(NS(=O)(=O)c3ccccc3)cc2Cl)cc1. The molecule has 0 aliphatic heterocycles. The number of sulfonamides is 1. The lowest BCUT2D eigenvalue weighted by atomic mass is 10.2. The Balaban J connectivity index is 1.59. The molecule has 0 unspecified atom stereocenters. The molecule has 0 aliphatic carbocycles. The fourth-order valence-corrected chi connectivity index (χ4v) is 4.15. The van der Waals surface area contributed by atoms with Crippen LogP contribution in [0, 0.1) is 0 Å². The number of methoxy groups -OCH3 is 1. The van der Waals surface area contributed by atoms with Crippen LogP contribution in [-0.4, -0.2) is 34.1 Å². The van der Waals surface area contributed by atoms with Crippen molar-refractivity contribution in [2.75, 3.05) is 18.4 Å². The summed E-state index contributed by atoms with van der Waals surface area (Å²) in [4.78, 5) is 12.7. The molecule has 3 aromatic rings. The standard InChI is InChI=1S/C23H23ClN2O5S/c1-16(15-31-19-11-9-18(30-2)10-12-19)25-23(27)21-13-8-17(14-22(21)24)26-32(28,29)20-6-4-3-5-7-20/h3-14,16,26H,15H2,1-2H3,(H,25,27)/t16-/m1/s1. The number of nitrogens with one attached hydrogen (secondary N) is 2. The van der Waals surface area contributed by atoms with Crippen molar-refractivity contribution in [3.8, 4) is 11.5 Å². The Morgan fingerprint density at radius 3 is 2.28 bits per heavy atom. The summed E-state index contributed by atoms with van der Waals surface area (Å²) < 4.78 is 38.1. The number of amides is 1. The van der Waals surface area contributed by atoms with Gasteiger partial charge in [-0.15, -0.1) is 0 Å². The van der Waals surface area contributed by atoms with Crippen LogP contribution < -0.4 is 19.5 Å². The first-order valence-corrected chi connectivity index (χ1v) is 11.6. The van der Waals surface area contributed by atoms with Gasteiger partial charge in [0, 0.05) is 0 Å². The van der Waals surface area contributed by atoms with Gasteiger partial charge in [-0.3, -0.25) is 9.52 Å². The molecule has 168 valence electrons. The first kappa shape index (κ1) is 23.4. The summed E-state index contributed by atoms with van der Waals surface area (Å²) in [5.41, 5.74) is 0.483. The van der Waals surface area contributed by atoms with Crippen LogP contribution in [0.25, 0.3) is 0 Å². The zero-order valence-electron chi connectivity index (χ0n) is 17.5. The predicted molar refractivity (Wildman–Crippen MR) is 124 cm³/mol. The predicted octanol–water partition coefficient (Wildman–Crippen LogP) is 4.35. The Labute approximate surface area is 192 Å². The first-order valence-electron chi connectivity index (χ1n) is 9.73. The summed E-state index contributed by atoms with van der Waals surface area (Å²) in [5.74, 6) is 0.987. The van der Waals surface area contributed by atoms with E-state index in [9.17, 15) is 13.2 Å². The van der Waals surface area contributed by atoms with Crippen LogP contribution in [0.3, 0.4) is 0 Å². The number of carbonyl (C=O) groups excluding carboxylic acids is 1. The summed E-state index contributed by atoms with van der Waals surface area (Å²) >= 11 is 6.25. The van der Waals surface area contributed by atoms with E-state index in [2.05, 4.69) is 10.0 Å². The van der Waals surface area contributed by atoms with Gasteiger partial charge >= 0.3 is 0 Å². The van der Waals surface area contributed by atoms with Crippen molar-refractivity contribution < 1.29 is 22.7 Å². The lowest BCUT2D eigenvalue weighted by Crippen LogP contribution is -2.36. The van der Waals surface area contributed by atoms with Crippen LogP contribution in [0.5, 0.6) is 11.5 Å². The van der Waals surface area contributed by atoms with E-state index in [1.54, 1.807) is 56.5 Å². The summed E-state index contributed by atoms with van der Waals surface area (Å²) in [5, 5.41) is 2.94.